The molecule has 2 N–H and O–H groups in total. The number of halogens is 2. The minimum Gasteiger partial charge on any atom is -0.321 e. The summed E-state index contributed by atoms with van der Waals surface area (Å²) in [7, 11) is 0. The zero-order valence-corrected chi connectivity index (χ0v) is 17.7. The van der Waals surface area contributed by atoms with Gasteiger partial charge in [-0.1, -0.05) is 47.1 Å². The zero-order valence-electron chi connectivity index (χ0n) is 16.2. The van der Waals surface area contributed by atoms with Crippen LogP contribution in [-0.2, 0) is 6.42 Å². The lowest BCUT2D eigenvalue weighted by atomic mass is 10.1. The van der Waals surface area contributed by atoms with E-state index in [0.717, 1.165) is 12.0 Å². The summed E-state index contributed by atoms with van der Waals surface area (Å²) >= 11 is 3.34. The second-order valence-corrected chi connectivity index (χ2v) is 7.36. The Hall–Kier alpha value is -3.32. The fourth-order valence-electron chi connectivity index (χ4n) is 2.67. The molecule has 2 amide bonds. The standard InChI is InChI=1S/C23H19BrFN3O2/c1-2-15-3-7-17(8-4-15)22(29)27-21-12-9-18(24)13-20(21)23(30)28-26-14-16-5-10-19(25)11-6-16/h3-14H,2H2,1H3,(H,27,29)(H,28,30)/b26-14+. The smallest absolute Gasteiger partial charge is 0.273 e. The summed E-state index contributed by atoms with van der Waals surface area (Å²) in [5, 5.41) is 6.67. The number of anilines is 1. The van der Waals surface area contributed by atoms with Gasteiger partial charge in [0.1, 0.15) is 5.82 Å². The molecule has 0 saturated heterocycles. The Morgan fingerprint density at radius 1 is 1.00 bits per heavy atom. The van der Waals surface area contributed by atoms with Crippen molar-refractivity contribution in [3.8, 4) is 0 Å². The highest BCUT2D eigenvalue weighted by molar-refractivity contribution is 9.10. The van der Waals surface area contributed by atoms with E-state index in [9.17, 15) is 14.0 Å². The van der Waals surface area contributed by atoms with Crippen molar-refractivity contribution in [2.75, 3.05) is 5.32 Å². The van der Waals surface area contributed by atoms with Crippen LogP contribution < -0.4 is 10.7 Å². The molecular weight excluding hydrogens is 449 g/mol. The molecule has 30 heavy (non-hydrogen) atoms. The molecule has 0 aliphatic rings. The Morgan fingerprint density at radius 2 is 1.70 bits per heavy atom. The normalized spacial score (nSPS) is 10.8. The van der Waals surface area contributed by atoms with Crippen molar-refractivity contribution >= 4 is 39.6 Å². The number of nitrogens with one attached hydrogen (secondary N) is 2. The van der Waals surface area contributed by atoms with E-state index in [4.69, 9.17) is 0 Å². The van der Waals surface area contributed by atoms with Crippen LogP contribution in [0.25, 0.3) is 0 Å². The molecule has 152 valence electrons. The van der Waals surface area contributed by atoms with E-state index in [1.807, 2.05) is 19.1 Å². The highest BCUT2D eigenvalue weighted by Gasteiger charge is 2.15. The topological polar surface area (TPSA) is 70.6 Å². The van der Waals surface area contributed by atoms with Crippen molar-refractivity contribution in [2.45, 2.75) is 13.3 Å². The number of hydrazone groups is 1. The van der Waals surface area contributed by atoms with E-state index >= 15 is 0 Å². The number of rotatable bonds is 6. The second kappa shape index (κ2) is 9.93. The van der Waals surface area contributed by atoms with E-state index in [1.54, 1.807) is 42.5 Å². The van der Waals surface area contributed by atoms with Gasteiger partial charge in [-0.3, -0.25) is 9.59 Å². The summed E-state index contributed by atoms with van der Waals surface area (Å²) in [6.07, 6.45) is 2.29. The molecule has 3 aromatic carbocycles. The van der Waals surface area contributed by atoms with E-state index in [-0.39, 0.29) is 17.3 Å². The molecular formula is C23H19BrFN3O2. The van der Waals surface area contributed by atoms with Crippen molar-refractivity contribution in [3.05, 3.63) is 99.3 Å². The highest BCUT2D eigenvalue weighted by atomic mass is 79.9. The molecule has 0 fully saturated rings. The molecule has 7 heteroatoms. The van der Waals surface area contributed by atoms with Crippen LogP contribution in [0.2, 0.25) is 0 Å². The third-order valence-corrected chi connectivity index (χ3v) is 4.84. The van der Waals surface area contributed by atoms with Crippen LogP contribution in [0.1, 0.15) is 38.8 Å². The van der Waals surface area contributed by atoms with E-state index in [0.29, 0.717) is 21.3 Å². The molecule has 0 radical (unpaired) electrons. The molecule has 0 atom stereocenters. The molecule has 0 aliphatic heterocycles. The van der Waals surface area contributed by atoms with Crippen molar-refractivity contribution in [1.82, 2.24) is 5.43 Å². The number of amides is 2. The zero-order chi connectivity index (χ0) is 21.5. The van der Waals surface area contributed by atoms with Crippen molar-refractivity contribution in [2.24, 2.45) is 5.10 Å². The minimum atomic E-state index is -0.494. The van der Waals surface area contributed by atoms with Crippen molar-refractivity contribution in [3.63, 3.8) is 0 Å². The van der Waals surface area contributed by atoms with Crippen LogP contribution >= 0.6 is 15.9 Å². The Balaban J connectivity index is 1.74. The summed E-state index contributed by atoms with van der Waals surface area (Å²) in [6, 6.07) is 17.9. The van der Waals surface area contributed by atoms with Crippen LogP contribution in [0.3, 0.4) is 0 Å². The number of nitrogens with zero attached hydrogens (tertiary/aromatic N) is 1. The van der Waals surface area contributed by atoms with Gasteiger partial charge in [-0.05, 0) is 60.0 Å². The summed E-state index contributed by atoms with van der Waals surface area (Å²) in [5.41, 5.74) is 5.29. The molecule has 0 aromatic heterocycles. The second-order valence-electron chi connectivity index (χ2n) is 6.45. The molecule has 0 unspecified atom stereocenters. The first-order chi connectivity index (χ1) is 14.5. The Labute approximate surface area is 182 Å². The Morgan fingerprint density at radius 3 is 2.37 bits per heavy atom. The molecule has 5 nitrogen and oxygen atoms in total. The molecule has 0 saturated carbocycles. The molecule has 0 aliphatic carbocycles. The molecule has 3 aromatic rings. The Kier molecular flexibility index (Phi) is 7.08. The number of carbonyl (C=O) groups excluding carboxylic acids is 2. The van der Waals surface area contributed by atoms with Gasteiger partial charge in [0.15, 0.2) is 0 Å². The summed E-state index contributed by atoms with van der Waals surface area (Å²) in [4.78, 5) is 25.2. The van der Waals surface area contributed by atoms with E-state index < -0.39 is 5.91 Å². The predicted molar refractivity (Wildman–Crippen MR) is 119 cm³/mol. The number of hydrogen-bond acceptors (Lipinski definition) is 3. The third-order valence-electron chi connectivity index (χ3n) is 4.35. The van der Waals surface area contributed by atoms with Crippen molar-refractivity contribution in [1.29, 1.82) is 0 Å². The van der Waals surface area contributed by atoms with Crippen LogP contribution in [-0.4, -0.2) is 18.0 Å². The number of aryl methyl sites for hydroxylation is 1. The predicted octanol–water partition coefficient (Wildman–Crippen LogP) is 5.17. The SMILES string of the molecule is CCc1ccc(C(=O)Nc2ccc(Br)cc2C(=O)N/N=C/c2ccc(F)cc2)cc1. The minimum absolute atomic E-state index is 0.249. The quantitative estimate of drug-likeness (QED) is 0.387. The van der Waals surface area contributed by atoms with Crippen molar-refractivity contribution < 1.29 is 14.0 Å². The first-order valence-electron chi connectivity index (χ1n) is 9.25. The monoisotopic (exact) mass is 467 g/mol. The molecule has 3 rings (SSSR count). The average molecular weight is 468 g/mol. The molecule has 0 bridgehead atoms. The summed E-state index contributed by atoms with van der Waals surface area (Å²) in [5.74, 6) is -1.16. The first kappa shape index (κ1) is 21.4. The summed E-state index contributed by atoms with van der Waals surface area (Å²) < 4.78 is 13.6. The fourth-order valence-corrected chi connectivity index (χ4v) is 3.04. The van der Waals surface area contributed by atoms with Crippen LogP contribution in [0.15, 0.2) is 76.3 Å². The van der Waals surface area contributed by atoms with E-state index in [2.05, 4.69) is 31.8 Å². The third kappa shape index (κ3) is 5.61. The van der Waals surface area contributed by atoms with Crippen LogP contribution in [0, 0.1) is 5.82 Å². The lowest BCUT2D eigenvalue weighted by molar-refractivity contribution is 0.0956. The van der Waals surface area contributed by atoms with Gasteiger partial charge in [-0.15, -0.1) is 0 Å². The number of hydrogen-bond donors (Lipinski definition) is 2. The van der Waals surface area contributed by atoms with Gasteiger partial charge >= 0.3 is 0 Å². The van der Waals surface area contributed by atoms with Gasteiger partial charge in [0.25, 0.3) is 11.8 Å². The molecule has 0 heterocycles. The Bertz CT molecular complexity index is 1080. The average Bonchev–Trinajstić information content (AvgIpc) is 2.76. The lowest BCUT2D eigenvalue weighted by Gasteiger charge is -2.11. The van der Waals surface area contributed by atoms with E-state index in [1.165, 1.54) is 18.3 Å². The lowest BCUT2D eigenvalue weighted by Crippen LogP contribution is -2.21. The van der Waals surface area contributed by atoms with Gasteiger partial charge < -0.3 is 5.32 Å². The maximum absolute atomic E-state index is 13.0. The number of benzene rings is 3. The number of carbonyl (C=O) groups is 2. The summed E-state index contributed by atoms with van der Waals surface area (Å²) in [6.45, 7) is 2.04. The van der Waals surface area contributed by atoms with Crippen LogP contribution in [0.4, 0.5) is 10.1 Å². The van der Waals surface area contributed by atoms with Gasteiger partial charge in [0.05, 0.1) is 17.5 Å². The fraction of sp³-hybridized carbons (Fsp3) is 0.0870. The van der Waals surface area contributed by atoms with Gasteiger partial charge in [0.2, 0.25) is 0 Å². The van der Waals surface area contributed by atoms with Gasteiger partial charge in [0, 0.05) is 10.0 Å². The van der Waals surface area contributed by atoms with Crippen LogP contribution in [0.5, 0.6) is 0 Å². The van der Waals surface area contributed by atoms with Gasteiger partial charge in [-0.25, -0.2) is 9.82 Å². The largest absolute Gasteiger partial charge is 0.321 e. The highest BCUT2D eigenvalue weighted by Crippen LogP contribution is 2.22. The maximum atomic E-state index is 13.0. The first-order valence-corrected chi connectivity index (χ1v) is 10.0. The molecule has 0 spiro atoms. The maximum Gasteiger partial charge on any atom is 0.273 e. The van der Waals surface area contributed by atoms with Gasteiger partial charge in [-0.2, -0.15) is 5.10 Å².